The molecule has 1 atom stereocenters. The third kappa shape index (κ3) is 3.46. The number of carboxylic acids is 1. The highest BCUT2D eigenvalue weighted by atomic mass is 16.4. The van der Waals surface area contributed by atoms with E-state index < -0.39 is 12.0 Å². The van der Waals surface area contributed by atoms with E-state index in [2.05, 4.69) is 5.32 Å². The van der Waals surface area contributed by atoms with Gasteiger partial charge in [0.25, 0.3) is 0 Å². The lowest BCUT2D eigenvalue weighted by atomic mass is 10.1. The van der Waals surface area contributed by atoms with Crippen molar-refractivity contribution in [2.45, 2.75) is 25.8 Å². The van der Waals surface area contributed by atoms with Gasteiger partial charge in [-0.25, -0.2) is 4.79 Å². The van der Waals surface area contributed by atoms with Crippen molar-refractivity contribution >= 4 is 17.6 Å². The Morgan fingerprint density at radius 1 is 1.44 bits per heavy atom. The number of carbonyl (C=O) groups excluding carboxylic acids is 1. The smallest absolute Gasteiger partial charge is 0.339 e. The van der Waals surface area contributed by atoms with E-state index in [4.69, 9.17) is 10.8 Å². The van der Waals surface area contributed by atoms with Crippen LogP contribution in [0.1, 0.15) is 30.1 Å². The molecular formula is C12H16N2O4. The second-order valence-electron chi connectivity index (χ2n) is 3.92. The number of rotatable bonds is 5. The molecule has 0 saturated carbocycles. The molecule has 0 aliphatic heterocycles. The number of aromatic carboxylic acids is 1. The van der Waals surface area contributed by atoms with Gasteiger partial charge in [0.2, 0.25) is 5.91 Å². The summed E-state index contributed by atoms with van der Waals surface area (Å²) in [5, 5.41) is 20.6. The molecule has 0 aliphatic rings. The molecule has 0 unspecified atom stereocenters. The van der Waals surface area contributed by atoms with Gasteiger partial charge in [-0.1, -0.05) is 13.3 Å². The molecule has 1 aromatic carbocycles. The maximum absolute atomic E-state index is 11.6. The molecule has 0 fully saturated rings. The number of aromatic hydroxyl groups is 1. The lowest BCUT2D eigenvalue weighted by Gasteiger charge is -2.11. The van der Waals surface area contributed by atoms with Crippen LogP contribution in [0, 0.1) is 0 Å². The molecule has 18 heavy (non-hydrogen) atoms. The fourth-order valence-electron chi connectivity index (χ4n) is 1.46. The monoisotopic (exact) mass is 252 g/mol. The molecule has 1 rings (SSSR count). The summed E-state index contributed by atoms with van der Waals surface area (Å²) >= 11 is 0. The summed E-state index contributed by atoms with van der Waals surface area (Å²) in [4.78, 5) is 22.4. The summed E-state index contributed by atoms with van der Waals surface area (Å²) < 4.78 is 0. The van der Waals surface area contributed by atoms with E-state index in [1.807, 2.05) is 6.92 Å². The van der Waals surface area contributed by atoms with E-state index >= 15 is 0 Å². The summed E-state index contributed by atoms with van der Waals surface area (Å²) in [6, 6.07) is 3.19. The van der Waals surface area contributed by atoms with Crippen molar-refractivity contribution in [3.63, 3.8) is 0 Å². The van der Waals surface area contributed by atoms with Crippen molar-refractivity contribution in [1.82, 2.24) is 0 Å². The number of anilines is 1. The Labute approximate surface area is 104 Å². The standard InChI is InChI=1S/C12H16N2O4/c1-2-3-9(13)11(16)14-7-4-5-10(15)8(6-7)12(17)18/h4-6,9,15H,2-3,13H2,1H3,(H,14,16)(H,17,18)/t9-/m1/s1. The Morgan fingerprint density at radius 2 is 2.11 bits per heavy atom. The van der Waals surface area contributed by atoms with Gasteiger partial charge in [0.15, 0.2) is 0 Å². The highest BCUT2D eigenvalue weighted by Gasteiger charge is 2.15. The Balaban J connectivity index is 2.82. The predicted molar refractivity (Wildman–Crippen MR) is 66.6 cm³/mol. The number of carbonyl (C=O) groups is 2. The van der Waals surface area contributed by atoms with Crippen LogP contribution in [0.5, 0.6) is 5.75 Å². The second kappa shape index (κ2) is 6.02. The van der Waals surface area contributed by atoms with Gasteiger partial charge in [-0.15, -0.1) is 0 Å². The topological polar surface area (TPSA) is 113 Å². The number of amides is 1. The first-order valence-electron chi connectivity index (χ1n) is 5.58. The van der Waals surface area contributed by atoms with Crippen LogP contribution in [0.3, 0.4) is 0 Å². The fraction of sp³-hybridized carbons (Fsp3) is 0.333. The zero-order valence-electron chi connectivity index (χ0n) is 10.0. The number of phenols is 1. The zero-order chi connectivity index (χ0) is 13.7. The fourth-order valence-corrected chi connectivity index (χ4v) is 1.46. The molecule has 1 aromatic rings. The van der Waals surface area contributed by atoms with Crippen LogP contribution in [0.25, 0.3) is 0 Å². The number of hydrogen-bond acceptors (Lipinski definition) is 4. The third-order valence-electron chi connectivity index (χ3n) is 2.43. The molecule has 0 heterocycles. The number of nitrogens with one attached hydrogen (secondary N) is 1. The maximum atomic E-state index is 11.6. The van der Waals surface area contributed by atoms with Crippen molar-refractivity contribution in [1.29, 1.82) is 0 Å². The molecule has 0 bridgehead atoms. The average Bonchev–Trinajstić information content (AvgIpc) is 2.31. The first-order chi connectivity index (χ1) is 8.45. The van der Waals surface area contributed by atoms with Crippen molar-refractivity contribution < 1.29 is 19.8 Å². The van der Waals surface area contributed by atoms with Crippen LogP contribution in [0.2, 0.25) is 0 Å². The molecule has 1 amide bonds. The highest BCUT2D eigenvalue weighted by Crippen LogP contribution is 2.21. The molecule has 98 valence electrons. The minimum Gasteiger partial charge on any atom is -0.507 e. The molecule has 0 saturated heterocycles. The quantitative estimate of drug-likeness (QED) is 0.587. The average molecular weight is 252 g/mol. The third-order valence-corrected chi connectivity index (χ3v) is 2.43. The van der Waals surface area contributed by atoms with Crippen molar-refractivity contribution in [2.24, 2.45) is 5.73 Å². The summed E-state index contributed by atoms with van der Waals surface area (Å²) in [6.07, 6.45) is 1.33. The van der Waals surface area contributed by atoms with E-state index in [0.717, 1.165) is 6.42 Å². The molecule has 0 aromatic heterocycles. The van der Waals surface area contributed by atoms with E-state index in [1.165, 1.54) is 18.2 Å². The summed E-state index contributed by atoms with van der Waals surface area (Å²) in [5.41, 5.74) is 5.65. The van der Waals surface area contributed by atoms with E-state index in [-0.39, 0.29) is 17.2 Å². The zero-order valence-corrected chi connectivity index (χ0v) is 10.0. The van der Waals surface area contributed by atoms with Crippen LogP contribution >= 0.6 is 0 Å². The maximum Gasteiger partial charge on any atom is 0.339 e. The van der Waals surface area contributed by atoms with Crippen LogP contribution in [0.15, 0.2) is 18.2 Å². The molecule has 6 heteroatoms. The SMILES string of the molecule is CCC[C@@H](N)C(=O)Nc1ccc(O)c(C(=O)O)c1. The van der Waals surface area contributed by atoms with Crippen LogP contribution in [0.4, 0.5) is 5.69 Å². The molecule has 0 spiro atoms. The Kier molecular flexibility index (Phi) is 4.67. The Bertz CT molecular complexity index is 459. The minimum atomic E-state index is -1.26. The van der Waals surface area contributed by atoms with Crippen molar-refractivity contribution in [2.75, 3.05) is 5.32 Å². The van der Waals surface area contributed by atoms with E-state index in [1.54, 1.807) is 0 Å². The summed E-state index contributed by atoms with van der Waals surface area (Å²) in [7, 11) is 0. The highest BCUT2D eigenvalue weighted by molar-refractivity contribution is 5.97. The van der Waals surface area contributed by atoms with Gasteiger partial charge >= 0.3 is 5.97 Å². The van der Waals surface area contributed by atoms with Crippen molar-refractivity contribution in [3.8, 4) is 5.75 Å². The molecule has 0 radical (unpaired) electrons. The number of nitrogens with two attached hydrogens (primary N) is 1. The van der Waals surface area contributed by atoms with Crippen molar-refractivity contribution in [3.05, 3.63) is 23.8 Å². The summed E-state index contributed by atoms with van der Waals surface area (Å²) in [6.45, 7) is 1.91. The van der Waals surface area contributed by atoms with Crippen LogP contribution in [-0.2, 0) is 4.79 Å². The molecule has 6 nitrogen and oxygen atoms in total. The Hall–Kier alpha value is -2.08. The minimum absolute atomic E-state index is 0.267. The largest absolute Gasteiger partial charge is 0.507 e. The van der Waals surface area contributed by atoms with Gasteiger partial charge < -0.3 is 21.3 Å². The first-order valence-corrected chi connectivity index (χ1v) is 5.58. The lowest BCUT2D eigenvalue weighted by Crippen LogP contribution is -2.35. The van der Waals surface area contributed by atoms with Gasteiger partial charge in [-0.05, 0) is 24.6 Å². The Morgan fingerprint density at radius 3 is 2.67 bits per heavy atom. The predicted octanol–water partition coefficient (Wildman–Crippen LogP) is 1.16. The van der Waals surface area contributed by atoms with Gasteiger partial charge in [0.05, 0.1) is 6.04 Å². The van der Waals surface area contributed by atoms with Gasteiger partial charge in [-0.3, -0.25) is 4.79 Å². The number of carboxylic acid groups (broad SMARTS) is 1. The molecule has 0 aliphatic carbocycles. The van der Waals surface area contributed by atoms with E-state index in [0.29, 0.717) is 12.1 Å². The number of benzene rings is 1. The normalized spacial score (nSPS) is 11.9. The van der Waals surface area contributed by atoms with Gasteiger partial charge in [0, 0.05) is 5.69 Å². The van der Waals surface area contributed by atoms with Crippen LogP contribution < -0.4 is 11.1 Å². The van der Waals surface area contributed by atoms with Gasteiger partial charge in [0.1, 0.15) is 11.3 Å². The summed E-state index contributed by atoms with van der Waals surface area (Å²) in [5.74, 6) is -1.99. The first kappa shape index (κ1) is 14.0. The van der Waals surface area contributed by atoms with E-state index in [9.17, 15) is 14.7 Å². The van der Waals surface area contributed by atoms with Crippen LogP contribution in [-0.4, -0.2) is 28.1 Å². The molecule has 5 N–H and O–H groups in total. The molecular weight excluding hydrogens is 236 g/mol. The lowest BCUT2D eigenvalue weighted by molar-refractivity contribution is -0.117. The van der Waals surface area contributed by atoms with Gasteiger partial charge in [-0.2, -0.15) is 0 Å². The number of hydrogen-bond donors (Lipinski definition) is 4. The second-order valence-corrected chi connectivity index (χ2v) is 3.92.